The Kier molecular flexibility index (Phi) is 4.01. The maximum Gasteiger partial charge on any atom is 0.302 e. The summed E-state index contributed by atoms with van der Waals surface area (Å²) in [6.45, 7) is 11.7. The summed E-state index contributed by atoms with van der Waals surface area (Å²) in [5.41, 5.74) is -0.870. The van der Waals surface area contributed by atoms with Gasteiger partial charge in [0.2, 0.25) is 0 Å². The van der Waals surface area contributed by atoms with Gasteiger partial charge in [-0.2, -0.15) is 0 Å². The lowest BCUT2D eigenvalue weighted by molar-refractivity contribution is -0.244. The molecule has 1 spiro atoms. The van der Waals surface area contributed by atoms with E-state index in [1.165, 1.54) is 6.92 Å². The molecule has 5 nitrogen and oxygen atoms in total. The average Bonchev–Trinajstić information content (AvgIpc) is 2.70. The molecule has 0 aliphatic heterocycles. The van der Waals surface area contributed by atoms with Gasteiger partial charge in [0.25, 0.3) is 0 Å². The molecule has 4 rings (SSSR count). The lowest BCUT2D eigenvalue weighted by atomic mass is 9.39. The Labute approximate surface area is 161 Å². The van der Waals surface area contributed by atoms with Gasteiger partial charge in [-0.05, 0) is 54.9 Å². The number of esters is 1. The van der Waals surface area contributed by atoms with Crippen molar-refractivity contribution in [2.75, 3.05) is 0 Å². The Morgan fingerprint density at radius 1 is 1.15 bits per heavy atom. The monoisotopic (exact) mass is 376 g/mol. The van der Waals surface area contributed by atoms with Crippen molar-refractivity contribution < 1.29 is 24.5 Å². The third kappa shape index (κ3) is 2.30. The quantitative estimate of drug-likeness (QED) is 0.543. The van der Waals surface area contributed by atoms with Gasteiger partial charge in [0.15, 0.2) is 5.78 Å². The van der Waals surface area contributed by atoms with E-state index in [-0.39, 0.29) is 41.0 Å². The van der Waals surface area contributed by atoms with Crippen LogP contribution in [-0.2, 0) is 14.3 Å². The summed E-state index contributed by atoms with van der Waals surface area (Å²) >= 11 is 0. The molecule has 27 heavy (non-hydrogen) atoms. The van der Waals surface area contributed by atoms with Crippen molar-refractivity contribution in [3.8, 4) is 0 Å². The molecule has 5 heteroatoms. The molecule has 0 radical (unpaired) electrons. The second-order valence-electron chi connectivity index (χ2n) is 10.4. The van der Waals surface area contributed by atoms with Crippen LogP contribution in [0.2, 0.25) is 0 Å². The summed E-state index contributed by atoms with van der Waals surface area (Å²) in [5, 5.41) is 22.4. The summed E-state index contributed by atoms with van der Waals surface area (Å²) in [6.07, 6.45) is 1.59. The summed E-state index contributed by atoms with van der Waals surface area (Å²) in [7, 11) is 0. The zero-order valence-corrected chi connectivity index (χ0v) is 16.8. The molecule has 0 aromatic heterocycles. The van der Waals surface area contributed by atoms with Crippen molar-refractivity contribution in [3.05, 3.63) is 12.2 Å². The van der Waals surface area contributed by atoms with Gasteiger partial charge in [-0.25, -0.2) is 0 Å². The zero-order chi connectivity index (χ0) is 19.9. The van der Waals surface area contributed by atoms with Crippen LogP contribution in [0.15, 0.2) is 12.2 Å². The molecule has 0 heterocycles. The second kappa shape index (κ2) is 5.66. The largest absolute Gasteiger partial charge is 0.462 e. The lowest BCUT2D eigenvalue weighted by Crippen LogP contribution is -2.67. The van der Waals surface area contributed by atoms with Gasteiger partial charge in [0, 0.05) is 23.7 Å². The van der Waals surface area contributed by atoms with E-state index in [0.29, 0.717) is 31.3 Å². The second-order valence-corrected chi connectivity index (χ2v) is 10.4. The number of rotatable bonds is 1. The highest BCUT2D eigenvalue weighted by molar-refractivity contribution is 6.03. The van der Waals surface area contributed by atoms with E-state index in [1.807, 2.05) is 0 Å². The van der Waals surface area contributed by atoms with Crippen molar-refractivity contribution in [1.82, 2.24) is 0 Å². The molecule has 4 aliphatic carbocycles. The van der Waals surface area contributed by atoms with Crippen molar-refractivity contribution >= 4 is 11.8 Å². The van der Waals surface area contributed by atoms with Crippen LogP contribution in [0, 0.1) is 34.0 Å². The number of aliphatic hydroxyl groups is 2. The van der Waals surface area contributed by atoms with E-state index in [1.54, 1.807) is 0 Å². The predicted octanol–water partition coefficient (Wildman–Crippen LogP) is 2.64. The van der Waals surface area contributed by atoms with Gasteiger partial charge in [0.05, 0.1) is 12.2 Å². The summed E-state index contributed by atoms with van der Waals surface area (Å²) < 4.78 is 5.62. The van der Waals surface area contributed by atoms with Gasteiger partial charge in [-0.3, -0.25) is 9.59 Å². The molecular formula is C22H32O5. The van der Waals surface area contributed by atoms with E-state index >= 15 is 0 Å². The maximum atomic E-state index is 13.2. The van der Waals surface area contributed by atoms with Gasteiger partial charge in [-0.1, -0.05) is 27.4 Å². The average molecular weight is 376 g/mol. The molecule has 0 aromatic rings. The van der Waals surface area contributed by atoms with Crippen molar-refractivity contribution in [2.24, 2.45) is 34.0 Å². The summed E-state index contributed by atoms with van der Waals surface area (Å²) in [6, 6.07) is 0. The van der Waals surface area contributed by atoms with E-state index in [9.17, 15) is 19.8 Å². The first-order valence-electron chi connectivity index (χ1n) is 10.2. The molecule has 2 N–H and O–H groups in total. The van der Waals surface area contributed by atoms with E-state index in [0.717, 1.165) is 6.42 Å². The number of hydrogen-bond donors (Lipinski definition) is 2. The first kappa shape index (κ1) is 19.1. The number of carbonyl (C=O) groups is 2. The van der Waals surface area contributed by atoms with Crippen LogP contribution in [0.1, 0.15) is 59.8 Å². The number of fused-ring (bicyclic) bond motifs is 3. The fourth-order valence-corrected chi connectivity index (χ4v) is 8.03. The highest BCUT2D eigenvalue weighted by Gasteiger charge is 2.72. The van der Waals surface area contributed by atoms with E-state index < -0.39 is 23.0 Å². The highest BCUT2D eigenvalue weighted by atomic mass is 16.5. The first-order chi connectivity index (χ1) is 12.4. The van der Waals surface area contributed by atoms with Crippen LogP contribution in [0.5, 0.6) is 0 Å². The highest BCUT2D eigenvalue weighted by Crippen LogP contribution is 2.71. The van der Waals surface area contributed by atoms with Gasteiger partial charge >= 0.3 is 5.97 Å². The van der Waals surface area contributed by atoms with Crippen molar-refractivity contribution in [3.63, 3.8) is 0 Å². The standard InChI is InChI=1S/C22H32O5/c1-11-13-8-14(24)18-21(5)7-6-16(27-12(2)23)20(3,4)17(21)15(25)10-22(18,9-13)19(11)26/h13-18,24-25H,1,6-10H2,2-5H3/t13-,14+,15+,16+,17-,18+,21-,22+/m1/s1. The van der Waals surface area contributed by atoms with Crippen LogP contribution in [0.3, 0.4) is 0 Å². The maximum absolute atomic E-state index is 13.2. The Morgan fingerprint density at radius 2 is 1.81 bits per heavy atom. The Balaban J connectivity index is 1.80. The molecule has 0 aromatic carbocycles. The molecule has 4 aliphatic rings. The lowest BCUT2D eigenvalue weighted by Gasteiger charge is -2.66. The molecule has 0 saturated heterocycles. The van der Waals surface area contributed by atoms with Gasteiger partial charge in [-0.15, -0.1) is 0 Å². The fourth-order valence-electron chi connectivity index (χ4n) is 8.03. The van der Waals surface area contributed by atoms with Crippen LogP contribution in [0.4, 0.5) is 0 Å². The van der Waals surface area contributed by atoms with Crippen molar-refractivity contribution in [1.29, 1.82) is 0 Å². The summed E-state index contributed by atoms with van der Waals surface area (Å²) in [5.74, 6) is -0.527. The number of aliphatic hydroxyl groups excluding tert-OH is 2. The minimum atomic E-state index is -0.686. The van der Waals surface area contributed by atoms with Gasteiger partial charge < -0.3 is 14.9 Å². The number of Topliss-reactive ketones (excluding diaryl/α,β-unsaturated/α-hetero) is 1. The smallest absolute Gasteiger partial charge is 0.302 e. The number of ether oxygens (including phenoxy) is 1. The molecule has 2 bridgehead atoms. The minimum absolute atomic E-state index is 0.0431. The molecule has 0 unspecified atom stereocenters. The Bertz CT molecular complexity index is 711. The first-order valence-corrected chi connectivity index (χ1v) is 10.2. The predicted molar refractivity (Wildman–Crippen MR) is 99.6 cm³/mol. The van der Waals surface area contributed by atoms with Crippen molar-refractivity contribution in [2.45, 2.75) is 78.1 Å². The summed E-state index contributed by atoms with van der Waals surface area (Å²) in [4.78, 5) is 24.8. The third-order valence-electron chi connectivity index (χ3n) is 8.62. The van der Waals surface area contributed by atoms with Crippen LogP contribution in [-0.4, -0.2) is 40.3 Å². The number of hydrogen-bond acceptors (Lipinski definition) is 5. The normalized spacial score (nSPS) is 50.7. The zero-order valence-electron chi connectivity index (χ0n) is 16.8. The topological polar surface area (TPSA) is 83.8 Å². The molecule has 8 atom stereocenters. The third-order valence-corrected chi connectivity index (χ3v) is 8.62. The van der Waals surface area contributed by atoms with Crippen LogP contribution < -0.4 is 0 Å². The minimum Gasteiger partial charge on any atom is -0.462 e. The molecule has 4 fully saturated rings. The van der Waals surface area contributed by atoms with E-state index in [2.05, 4.69) is 27.4 Å². The van der Waals surface area contributed by atoms with E-state index in [4.69, 9.17) is 4.74 Å². The number of allylic oxidation sites excluding steroid dienone is 1. The molecule has 4 saturated carbocycles. The number of carbonyl (C=O) groups excluding carboxylic acids is 2. The fraction of sp³-hybridized carbons (Fsp3) is 0.818. The molecular weight excluding hydrogens is 344 g/mol. The Hall–Kier alpha value is -1.20. The molecule has 0 amide bonds. The molecule has 150 valence electrons. The Morgan fingerprint density at radius 3 is 2.44 bits per heavy atom. The van der Waals surface area contributed by atoms with Gasteiger partial charge in [0.1, 0.15) is 6.10 Å². The van der Waals surface area contributed by atoms with Crippen LogP contribution in [0.25, 0.3) is 0 Å². The van der Waals surface area contributed by atoms with Crippen LogP contribution >= 0.6 is 0 Å². The SMILES string of the molecule is C=C1C(=O)[C@]23C[C@H]1C[C@H](O)[C@H]2[C@]1(C)CC[C@H](OC(C)=O)C(C)(C)[C@H]1[C@@H](O)C3. The number of ketones is 1.